The summed E-state index contributed by atoms with van der Waals surface area (Å²) in [6.07, 6.45) is 8.49. The van der Waals surface area contributed by atoms with Gasteiger partial charge in [-0.3, -0.25) is 9.32 Å². The second kappa shape index (κ2) is 13.0. The lowest BCUT2D eigenvalue weighted by molar-refractivity contribution is -0.134. The molecule has 0 aromatic heterocycles. The summed E-state index contributed by atoms with van der Waals surface area (Å²) < 4.78 is 27.6. The first-order valence-electron chi connectivity index (χ1n) is 11.9. The molecule has 0 saturated carbocycles. The van der Waals surface area contributed by atoms with Crippen LogP contribution in [-0.2, 0) is 20.3 Å². The summed E-state index contributed by atoms with van der Waals surface area (Å²) in [5, 5.41) is 0. The standard InChI is InChI=1S/C25H37O7P.2H3N/c1-5-6-7-9-18-15-21(31-23(26)10-8-13-30-33(27,28)29)24-19-14-17(2)11-12-20(19)25(3,4)32-22(24)16-18;;/h11,15-16,19-20H,5-10,12-14H2,1-4H3,(H2,27,28,29);2*1H3/t19-,20-;;/m1../s1. The molecule has 2 atom stereocenters. The summed E-state index contributed by atoms with van der Waals surface area (Å²) in [5.41, 5.74) is 3.06. The van der Waals surface area contributed by atoms with Gasteiger partial charge in [-0.05, 0) is 70.6 Å². The molecule has 1 aromatic rings. The number of aryl methyl sites for hydroxylation is 1. The Kier molecular flexibility index (Phi) is 11.6. The molecule has 1 heterocycles. The molecule has 35 heavy (non-hydrogen) atoms. The number of allylic oxidation sites excluding steroid dienone is 2. The second-order valence-corrected chi connectivity index (χ2v) is 11.0. The van der Waals surface area contributed by atoms with E-state index < -0.39 is 13.8 Å². The Labute approximate surface area is 209 Å². The summed E-state index contributed by atoms with van der Waals surface area (Å²) in [5.74, 6) is 1.41. The lowest BCUT2D eigenvalue weighted by Crippen LogP contribution is -2.45. The number of rotatable bonds is 10. The van der Waals surface area contributed by atoms with Crippen molar-refractivity contribution >= 4 is 13.8 Å². The van der Waals surface area contributed by atoms with Crippen LogP contribution in [0.4, 0.5) is 0 Å². The van der Waals surface area contributed by atoms with E-state index in [1.165, 1.54) is 5.57 Å². The first-order valence-corrected chi connectivity index (χ1v) is 13.5. The largest absolute Gasteiger partial charge is 0.487 e. The zero-order valence-corrected chi connectivity index (χ0v) is 22.4. The van der Waals surface area contributed by atoms with E-state index in [2.05, 4.69) is 44.4 Å². The number of carbonyl (C=O) groups excluding carboxylic acids is 1. The van der Waals surface area contributed by atoms with E-state index in [1.807, 2.05) is 6.07 Å². The number of phosphoric acid groups is 1. The highest BCUT2D eigenvalue weighted by Gasteiger charge is 2.46. The highest BCUT2D eigenvalue weighted by Crippen LogP contribution is 2.54. The van der Waals surface area contributed by atoms with Gasteiger partial charge >= 0.3 is 13.8 Å². The van der Waals surface area contributed by atoms with Crippen LogP contribution in [-0.4, -0.2) is 28.0 Å². The van der Waals surface area contributed by atoms with Gasteiger partial charge in [0.1, 0.15) is 17.1 Å². The third-order valence-corrected chi connectivity index (χ3v) is 7.14. The maximum absolute atomic E-state index is 12.6. The van der Waals surface area contributed by atoms with Gasteiger partial charge in [-0.25, -0.2) is 4.57 Å². The number of fused-ring (bicyclic) bond motifs is 3. The number of benzene rings is 1. The van der Waals surface area contributed by atoms with Crippen LogP contribution in [0.25, 0.3) is 0 Å². The van der Waals surface area contributed by atoms with E-state index in [4.69, 9.17) is 19.3 Å². The maximum atomic E-state index is 12.6. The summed E-state index contributed by atoms with van der Waals surface area (Å²) in [4.78, 5) is 30.2. The maximum Gasteiger partial charge on any atom is 0.469 e. The number of hydrogen-bond acceptors (Lipinski definition) is 7. The van der Waals surface area contributed by atoms with E-state index in [9.17, 15) is 9.36 Å². The molecule has 1 aliphatic carbocycles. The third-order valence-electron chi connectivity index (χ3n) is 6.63. The first-order chi connectivity index (χ1) is 15.5. The van der Waals surface area contributed by atoms with Gasteiger partial charge in [-0.2, -0.15) is 0 Å². The van der Waals surface area contributed by atoms with Crippen LogP contribution in [0.5, 0.6) is 11.5 Å². The van der Waals surface area contributed by atoms with Crippen LogP contribution in [0.2, 0.25) is 0 Å². The molecule has 0 fully saturated rings. The van der Waals surface area contributed by atoms with Gasteiger partial charge in [-0.15, -0.1) is 0 Å². The minimum atomic E-state index is -4.54. The lowest BCUT2D eigenvalue weighted by Gasteiger charge is -2.47. The van der Waals surface area contributed by atoms with Crippen LogP contribution >= 0.6 is 7.82 Å². The van der Waals surface area contributed by atoms with Crippen LogP contribution in [0.3, 0.4) is 0 Å². The van der Waals surface area contributed by atoms with Crippen molar-refractivity contribution in [3.63, 3.8) is 0 Å². The predicted octanol–water partition coefficient (Wildman–Crippen LogP) is 6.15. The van der Waals surface area contributed by atoms with E-state index in [1.54, 1.807) is 0 Å². The monoisotopic (exact) mass is 514 g/mol. The average Bonchev–Trinajstić information content (AvgIpc) is 2.70. The second-order valence-electron chi connectivity index (χ2n) is 9.77. The van der Waals surface area contributed by atoms with Crippen molar-refractivity contribution in [3.8, 4) is 11.5 Å². The number of hydrogen-bond donors (Lipinski definition) is 4. The topological polar surface area (TPSA) is 172 Å². The molecular formula is C25H43N2O7P. The summed E-state index contributed by atoms with van der Waals surface area (Å²) in [6.45, 7) is 8.38. The highest BCUT2D eigenvalue weighted by atomic mass is 31.2. The quantitative estimate of drug-likeness (QED) is 0.0939. The van der Waals surface area contributed by atoms with Crippen molar-refractivity contribution in [1.29, 1.82) is 0 Å². The molecule has 1 aromatic carbocycles. The first kappa shape index (κ1) is 31.3. The number of unbranched alkanes of at least 4 members (excludes halogenated alkanes) is 2. The Morgan fingerprint density at radius 2 is 1.91 bits per heavy atom. The average molecular weight is 515 g/mol. The molecule has 9 nitrogen and oxygen atoms in total. The Hall–Kier alpha value is -1.74. The van der Waals surface area contributed by atoms with Gasteiger partial charge in [0.25, 0.3) is 0 Å². The van der Waals surface area contributed by atoms with Crippen molar-refractivity contribution < 1.29 is 33.1 Å². The third kappa shape index (κ3) is 8.41. The van der Waals surface area contributed by atoms with Gasteiger partial charge in [0, 0.05) is 23.8 Å². The van der Waals surface area contributed by atoms with Crippen LogP contribution in [0, 0.1) is 5.92 Å². The summed E-state index contributed by atoms with van der Waals surface area (Å²) >= 11 is 0. The minimum absolute atomic E-state index is 0. The fourth-order valence-corrected chi connectivity index (χ4v) is 5.35. The minimum Gasteiger partial charge on any atom is -0.487 e. The lowest BCUT2D eigenvalue weighted by atomic mass is 9.67. The Bertz CT molecular complexity index is 942. The molecule has 0 spiro atoms. The highest BCUT2D eigenvalue weighted by molar-refractivity contribution is 7.46. The number of phosphoric ester groups is 1. The predicted molar refractivity (Wildman–Crippen MR) is 137 cm³/mol. The normalized spacial score (nSPS) is 20.2. The number of carbonyl (C=O) groups is 1. The Balaban J connectivity index is 0.00000306. The fourth-order valence-electron chi connectivity index (χ4n) is 4.98. The molecule has 0 unspecified atom stereocenters. The van der Waals surface area contributed by atoms with E-state index in [0.717, 1.165) is 55.4 Å². The SMILES string of the molecule is CCCCCc1cc(OC(=O)CCCOP(=O)(O)O)c2c(c1)OC(C)(C)[C@@H]1CC=C(C)C[C@@H]21.N.N. The molecule has 3 rings (SSSR count). The van der Waals surface area contributed by atoms with Gasteiger partial charge < -0.3 is 31.6 Å². The van der Waals surface area contributed by atoms with Crippen molar-refractivity contribution in [3.05, 3.63) is 34.9 Å². The number of ether oxygens (including phenoxy) is 2. The summed E-state index contributed by atoms with van der Waals surface area (Å²) in [6, 6.07) is 4.09. The molecule has 10 heteroatoms. The fraction of sp³-hybridized carbons (Fsp3) is 0.640. The molecular weight excluding hydrogens is 471 g/mol. The van der Waals surface area contributed by atoms with Crippen molar-refractivity contribution in [2.45, 2.75) is 90.6 Å². The molecule has 8 N–H and O–H groups in total. The molecule has 2 aliphatic rings. The zero-order valence-electron chi connectivity index (χ0n) is 21.5. The van der Waals surface area contributed by atoms with E-state index in [-0.39, 0.29) is 49.2 Å². The van der Waals surface area contributed by atoms with Crippen LogP contribution in [0.15, 0.2) is 23.8 Å². The molecule has 1 aliphatic heterocycles. The molecule has 0 saturated heterocycles. The van der Waals surface area contributed by atoms with E-state index in [0.29, 0.717) is 5.75 Å². The van der Waals surface area contributed by atoms with Crippen LogP contribution < -0.4 is 21.8 Å². The van der Waals surface area contributed by atoms with Gasteiger partial charge in [-0.1, -0.05) is 31.4 Å². The molecule has 0 amide bonds. The molecule has 0 radical (unpaired) electrons. The Morgan fingerprint density at radius 3 is 2.57 bits per heavy atom. The Morgan fingerprint density at radius 1 is 1.20 bits per heavy atom. The van der Waals surface area contributed by atoms with Gasteiger partial charge in [0.2, 0.25) is 0 Å². The van der Waals surface area contributed by atoms with Crippen molar-refractivity contribution in [2.75, 3.05) is 6.61 Å². The number of esters is 1. The molecule has 0 bridgehead atoms. The summed E-state index contributed by atoms with van der Waals surface area (Å²) in [7, 11) is -4.54. The van der Waals surface area contributed by atoms with Crippen molar-refractivity contribution in [1.82, 2.24) is 12.3 Å². The van der Waals surface area contributed by atoms with E-state index >= 15 is 0 Å². The van der Waals surface area contributed by atoms with Crippen molar-refractivity contribution in [2.24, 2.45) is 5.92 Å². The van der Waals surface area contributed by atoms with Gasteiger partial charge in [0.15, 0.2) is 0 Å². The zero-order chi connectivity index (χ0) is 24.2. The smallest absolute Gasteiger partial charge is 0.469 e. The van der Waals surface area contributed by atoms with Crippen LogP contribution in [0.1, 0.15) is 89.7 Å². The molecule has 200 valence electrons. The van der Waals surface area contributed by atoms with Gasteiger partial charge in [0.05, 0.1) is 6.61 Å².